The predicted molar refractivity (Wildman–Crippen MR) is 202 cm³/mol. The summed E-state index contributed by atoms with van der Waals surface area (Å²) < 4.78 is 57.4. The van der Waals surface area contributed by atoms with Crippen molar-refractivity contribution in [3.05, 3.63) is 123 Å². The Hall–Kier alpha value is -5.59. The van der Waals surface area contributed by atoms with Crippen molar-refractivity contribution in [2.75, 3.05) is 56.2 Å². The number of nitrogens with one attached hydrogen (secondary N) is 2. The van der Waals surface area contributed by atoms with Crippen LogP contribution in [0.5, 0.6) is 5.75 Å². The molecule has 2 N–H and O–H groups in total. The quantitative estimate of drug-likeness (QED) is 0.183. The summed E-state index contributed by atoms with van der Waals surface area (Å²) in [6.07, 6.45) is 0. The van der Waals surface area contributed by atoms with Crippen LogP contribution in [0.4, 0.5) is 24.5 Å². The number of hydrogen-bond donors (Lipinski definition) is 2. The van der Waals surface area contributed by atoms with Crippen LogP contribution < -0.4 is 36.4 Å². The highest BCUT2D eigenvalue weighted by atomic mass is 19.2. The minimum Gasteiger partial charge on any atom is -0.494 e. The van der Waals surface area contributed by atoms with E-state index in [-0.39, 0.29) is 16.9 Å². The molecule has 0 bridgehead atoms. The van der Waals surface area contributed by atoms with Crippen molar-refractivity contribution < 1.29 is 26.7 Å². The van der Waals surface area contributed by atoms with Gasteiger partial charge in [-0.3, -0.25) is 0 Å². The Morgan fingerprint density at radius 3 is 1.77 bits per heavy atom. The lowest BCUT2D eigenvalue weighted by molar-refractivity contribution is 0.386. The molecule has 4 heterocycles. The summed E-state index contributed by atoms with van der Waals surface area (Å²) in [5.74, 6) is -2.42. The normalized spacial score (nSPS) is 17.5. The molecule has 0 radical (unpaired) electrons. The van der Waals surface area contributed by atoms with Crippen LogP contribution in [0.25, 0.3) is 44.2 Å². The summed E-state index contributed by atoms with van der Waals surface area (Å²) in [5.41, 5.74) is 2.49. The van der Waals surface area contributed by atoms with Crippen LogP contribution >= 0.6 is 0 Å². The number of rotatable bonds is 5. The van der Waals surface area contributed by atoms with E-state index in [1.165, 1.54) is 31.4 Å². The highest BCUT2D eigenvalue weighted by Crippen LogP contribution is 2.30. The van der Waals surface area contributed by atoms with E-state index >= 15 is 0 Å². The van der Waals surface area contributed by atoms with Crippen molar-refractivity contribution in [3.8, 4) is 28.0 Å². The lowest BCUT2D eigenvalue weighted by atomic mass is 10.0. The molecule has 2 atom stereocenters. The fourth-order valence-electron chi connectivity index (χ4n) is 6.86. The number of ether oxygens (including phenoxy) is 1. The number of piperazine rings is 2. The molecule has 12 heteroatoms. The molecule has 0 aliphatic carbocycles. The van der Waals surface area contributed by atoms with E-state index in [4.69, 9.17) is 13.6 Å². The number of fused-ring (bicyclic) bond motifs is 2. The predicted octanol–water partition coefficient (Wildman–Crippen LogP) is 6.94. The first-order chi connectivity index (χ1) is 25.6. The van der Waals surface area contributed by atoms with Crippen LogP contribution in [0.3, 0.4) is 0 Å². The molecule has 9 nitrogen and oxygen atoms in total. The van der Waals surface area contributed by atoms with Crippen molar-refractivity contribution >= 4 is 33.3 Å². The second-order valence-corrected chi connectivity index (χ2v) is 13.4. The summed E-state index contributed by atoms with van der Waals surface area (Å²) in [6.45, 7) is 9.62. The van der Waals surface area contributed by atoms with Crippen molar-refractivity contribution in [2.24, 2.45) is 0 Å². The first kappa shape index (κ1) is 35.8. The zero-order valence-corrected chi connectivity index (χ0v) is 29.5. The maximum Gasteiger partial charge on any atom is 0.344 e. The van der Waals surface area contributed by atoms with Crippen molar-refractivity contribution in [3.63, 3.8) is 0 Å². The molecule has 2 aliphatic rings. The third kappa shape index (κ3) is 7.65. The Bertz CT molecular complexity index is 2420. The number of nitrogens with zero attached hydrogens (tertiary/aromatic N) is 2. The lowest BCUT2D eigenvalue weighted by Gasteiger charge is -2.33. The Balaban J connectivity index is 0.000000164. The summed E-state index contributed by atoms with van der Waals surface area (Å²) >= 11 is 0. The van der Waals surface area contributed by atoms with Gasteiger partial charge in [-0.2, -0.15) is 0 Å². The number of hydrogen-bond acceptors (Lipinski definition) is 9. The summed E-state index contributed by atoms with van der Waals surface area (Å²) in [6, 6.07) is 23.7. The molecule has 8 rings (SSSR count). The number of anilines is 2. The van der Waals surface area contributed by atoms with Crippen molar-refractivity contribution in [1.29, 1.82) is 0 Å². The van der Waals surface area contributed by atoms with Gasteiger partial charge in [0.15, 0.2) is 23.2 Å². The average Bonchev–Trinajstić information content (AvgIpc) is 3.15. The van der Waals surface area contributed by atoms with Gasteiger partial charge in [-0.1, -0.05) is 18.2 Å². The molecule has 0 amide bonds. The first-order valence-electron chi connectivity index (χ1n) is 17.5. The van der Waals surface area contributed by atoms with Gasteiger partial charge in [0, 0.05) is 91.2 Å². The highest BCUT2D eigenvalue weighted by Gasteiger charge is 2.20. The maximum atomic E-state index is 14.0. The zero-order chi connectivity index (χ0) is 37.2. The SMILES string of the molecule is COc1ccc(-c2cc3ccc(N4CCN[C@@H](C)C4)cc3oc2=O)cc1F.C[C@H]1CN(c2ccc3cc(-c4cccc(F)c4F)c(=O)oc3c2)CCN1. The van der Waals surface area contributed by atoms with Gasteiger partial charge in [0.1, 0.15) is 11.2 Å². The monoisotopic (exact) mass is 724 g/mol. The van der Waals surface area contributed by atoms with Gasteiger partial charge in [0.05, 0.1) is 18.2 Å². The topological polar surface area (TPSA) is 100 Å². The van der Waals surface area contributed by atoms with E-state index in [0.29, 0.717) is 39.8 Å². The first-order valence-corrected chi connectivity index (χ1v) is 17.5. The molecule has 0 saturated carbocycles. The molecule has 2 aliphatic heterocycles. The van der Waals surface area contributed by atoms with Gasteiger partial charge in [-0.05, 0) is 74.0 Å². The second kappa shape index (κ2) is 15.2. The second-order valence-electron chi connectivity index (χ2n) is 13.4. The van der Waals surface area contributed by atoms with Gasteiger partial charge >= 0.3 is 11.3 Å². The van der Waals surface area contributed by atoms with Crippen molar-refractivity contribution in [2.45, 2.75) is 25.9 Å². The molecule has 2 saturated heterocycles. The number of halogens is 3. The largest absolute Gasteiger partial charge is 0.494 e. The number of methoxy groups -OCH3 is 1. The van der Waals surface area contributed by atoms with E-state index in [2.05, 4.69) is 34.3 Å². The molecule has 53 heavy (non-hydrogen) atoms. The van der Waals surface area contributed by atoms with E-state index < -0.39 is 28.7 Å². The molecular weight excluding hydrogens is 685 g/mol. The lowest BCUT2D eigenvalue weighted by Crippen LogP contribution is -2.49. The zero-order valence-electron chi connectivity index (χ0n) is 29.5. The molecule has 2 aromatic heterocycles. The summed E-state index contributed by atoms with van der Waals surface area (Å²) in [5, 5.41) is 8.25. The molecule has 274 valence electrons. The van der Waals surface area contributed by atoms with E-state index in [9.17, 15) is 22.8 Å². The molecule has 2 fully saturated rings. The maximum absolute atomic E-state index is 14.0. The molecule has 4 aromatic carbocycles. The smallest absolute Gasteiger partial charge is 0.344 e. The van der Waals surface area contributed by atoms with Gasteiger partial charge in [-0.25, -0.2) is 22.8 Å². The van der Waals surface area contributed by atoms with Gasteiger partial charge in [0.25, 0.3) is 0 Å². The van der Waals surface area contributed by atoms with Crippen LogP contribution in [0.15, 0.2) is 103 Å². The Labute approximate surface area is 303 Å². The van der Waals surface area contributed by atoms with Crippen LogP contribution in [-0.4, -0.2) is 58.5 Å². The minimum atomic E-state index is -1.05. The fourth-order valence-corrected chi connectivity index (χ4v) is 6.86. The van der Waals surface area contributed by atoms with Crippen LogP contribution in [0, 0.1) is 17.5 Å². The highest BCUT2D eigenvalue weighted by molar-refractivity contribution is 5.86. The molecular formula is C41H39F3N4O5. The minimum absolute atomic E-state index is 0.0121. The molecule has 0 unspecified atom stereocenters. The fraction of sp³-hybridized carbons (Fsp3) is 0.268. The Morgan fingerprint density at radius 2 is 1.23 bits per heavy atom. The van der Waals surface area contributed by atoms with Crippen molar-refractivity contribution in [1.82, 2.24) is 10.6 Å². The molecule has 0 spiro atoms. The van der Waals surface area contributed by atoms with E-state index in [1.54, 1.807) is 18.2 Å². The average molecular weight is 725 g/mol. The Kier molecular flexibility index (Phi) is 10.3. The Morgan fingerprint density at radius 1 is 0.660 bits per heavy atom. The van der Waals surface area contributed by atoms with Crippen LogP contribution in [0.2, 0.25) is 0 Å². The van der Waals surface area contributed by atoms with Gasteiger partial charge < -0.3 is 34.0 Å². The number of benzene rings is 4. The summed E-state index contributed by atoms with van der Waals surface area (Å²) in [7, 11) is 1.40. The third-order valence-electron chi connectivity index (χ3n) is 9.61. The van der Waals surface area contributed by atoms with E-state index in [1.807, 2.05) is 36.4 Å². The third-order valence-corrected chi connectivity index (χ3v) is 9.61. The summed E-state index contributed by atoms with van der Waals surface area (Å²) in [4.78, 5) is 29.3. The molecule has 6 aromatic rings. The van der Waals surface area contributed by atoms with Crippen LogP contribution in [-0.2, 0) is 0 Å². The van der Waals surface area contributed by atoms with Crippen LogP contribution in [0.1, 0.15) is 13.8 Å². The van der Waals surface area contributed by atoms with Gasteiger partial charge in [-0.15, -0.1) is 0 Å². The standard InChI is InChI=1S/C21H21FN2O3.C20H18F2N2O2/c1-13-12-24(8-7-23-13)16-5-3-15-9-17(21(25)27-20(15)11-16)14-4-6-19(26-2)18(22)10-14;1-12-11-24(8-7-23-12)14-6-5-13-9-16(20(25)26-18(13)10-14)15-3-2-4-17(21)19(15)22/h3-6,9-11,13,23H,7-8,12H2,1-2H3;2-6,9-10,12,23H,7-8,11H2,1H3/t13-;12-/m00/s1. The van der Waals surface area contributed by atoms with E-state index in [0.717, 1.165) is 62.1 Å². The van der Waals surface area contributed by atoms with Gasteiger partial charge in [0.2, 0.25) is 0 Å².